The third kappa shape index (κ3) is 2.93. The molecule has 0 fully saturated rings. The number of nitro benzene ring substituents is 1. The number of sulfonamides is 1. The summed E-state index contributed by atoms with van der Waals surface area (Å²) in [4.78, 5) is 22.1. The van der Waals surface area contributed by atoms with Crippen molar-refractivity contribution in [3.63, 3.8) is 0 Å². The number of nitro groups is 1. The third-order valence-electron chi connectivity index (χ3n) is 3.19. The lowest BCUT2D eigenvalue weighted by Gasteiger charge is -2.14. The van der Waals surface area contributed by atoms with Gasteiger partial charge in [-0.3, -0.25) is 14.9 Å². The molecule has 0 saturated heterocycles. The highest BCUT2D eigenvalue weighted by Crippen LogP contribution is 2.32. The van der Waals surface area contributed by atoms with Gasteiger partial charge in [-0.15, -0.1) is 0 Å². The van der Waals surface area contributed by atoms with E-state index < -0.39 is 20.9 Å². The zero-order chi connectivity index (χ0) is 15.6. The highest BCUT2D eigenvalue weighted by atomic mass is 79.9. The summed E-state index contributed by atoms with van der Waals surface area (Å²) in [6.07, 6.45) is 2.24. The summed E-state index contributed by atoms with van der Waals surface area (Å²) in [6, 6.07) is 3.24. The van der Waals surface area contributed by atoms with E-state index in [0.717, 1.165) is 40.7 Å². The quantitative estimate of drug-likeness (QED) is 0.328. The molecule has 1 aromatic rings. The molecule has 21 heavy (non-hydrogen) atoms. The van der Waals surface area contributed by atoms with Crippen molar-refractivity contribution in [2.75, 3.05) is 11.9 Å². The first-order valence-corrected chi connectivity index (χ1v) is 8.87. The Morgan fingerprint density at radius 3 is 2.57 bits per heavy atom. The van der Waals surface area contributed by atoms with E-state index in [4.69, 9.17) is 0 Å². The smallest absolute Gasteiger partial charge is 0.268 e. The van der Waals surface area contributed by atoms with Crippen LogP contribution >= 0.6 is 15.9 Å². The summed E-state index contributed by atoms with van der Waals surface area (Å²) >= 11 is 3.28. The zero-order valence-corrected chi connectivity index (χ0v) is 13.4. The second kappa shape index (κ2) is 6.10. The van der Waals surface area contributed by atoms with E-state index in [9.17, 15) is 23.3 Å². The number of amides is 1. The predicted octanol–water partition coefficient (Wildman–Crippen LogP) is 2.30. The molecule has 0 saturated carbocycles. The standard InChI is InChI=1S/C12H13BrN2O5S/c13-6-2-1-3-7-14-12(16)10-8-9(15(17)18)4-5-11(10)21(14,19)20/h4-5,8H,1-3,6-7H2. The van der Waals surface area contributed by atoms with Gasteiger partial charge in [0.15, 0.2) is 0 Å². The van der Waals surface area contributed by atoms with Crippen molar-refractivity contribution in [3.05, 3.63) is 33.9 Å². The van der Waals surface area contributed by atoms with E-state index in [-0.39, 0.29) is 22.7 Å². The number of halogens is 1. The van der Waals surface area contributed by atoms with Crippen LogP contribution in [0.4, 0.5) is 5.69 Å². The maximum atomic E-state index is 12.3. The van der Waals surface area contributed by atoms with Crippen molar-refractivity contribution in [1.82, 2.24) is 4.31 Å². The minimum Gasteiger partial charge on any atom is -0.268 e. The molecule has 0 radical (unpaired) electrons. The van der Waals surface area contributed by atoms with Gasteiger partial charge in [-0.05, 0) is 18.9 Å². The van der Waals surface area contributed by atoms with Gasteiger partial charge in [-0.1, -0.05) is 22.4 Å². The van der Waals surface area contributed by atoms with Crippen LogP contribution in [0.25, 0.3) is 0 Å². The van der Waals surface area contributed by atoms with E-state index in [1.54, 1.807) is 0 Å². The van der Waals surface area contributed by atoms with Gasteiger partial charge in [-0.25, -0.2) is 12.7 Å². The minimum atomic E-state index is -3.88. The molecule has 7 nitrogen and oxygen atoms in total. The van der Waals surface area contributed by atoms with Crippen LogP contribution < -0.4 is 0 Å². The summed E-state index contributed by atoms with van der Waals surface area (Å²) in [7, 11) is -3.88. The first-order chi connectivity index (χ1) is 9.89. The number of rotatable bonds is 6. The summed E-state index contributed by atoms with van der Waals surface area (Å²) < 4.78 is 25.3. The second-order valence-electron chi connectivity index (χ2n) is 4.57. The number of carbonyl (C=O) groups is 1. The molecule has 1 heterocycles. The highest BCUT2D eigenvalue weighted by molar-refractivity contribution is 9.09. The molecule has 0 spiro atoms. The van der Waals surface area contributed by atoms with E-state index in [2.05, 4.69) is 15.9 Å². The Labute approximate surface area is 130 Å². The molecular weight excluding hydrogens is 364 g/mol. The molecule has 9 heteroatoms. The molecule has 0 bridgehead atoms. The Hall–Kier alpha value is -1.48. The van der Waals surface area contributed by atoms with Crippen molar-refractivity contribution < 1.29 is 18.1 Å². The van der Waals surface area contributed by atoms with E-state index >= 15 is 0 Å². The van der Waals surface area contributed by atoms with Crippen LogP contribution in [0.15, 0.2) is 23.1 Å². The first-order valence-electron chi connectivity index (χ1n) is 6.31. The lowest BCUT2D eigenvalue weighted by molar-refractivity contribution is -0.384. The number of benzene rings is 1. The Balaban J connectivity index is 2.29. The fraction of sp³-hybridized carbons (Fsp3) is 0.417. The molecule has 1 aliphatic rings. The second-order valence-corrected chi connectivity index (χ2v) is 7.19. The van der Waals surface area contributed by atoms with Crippen LogP contribution in [-0.2, 0) is 10.0 Å². The topological polar surface area (TPSA) is 97.6 Å². The fourth-order valence-electron chi connectivity index (χ4n) is 2.13. The highest BCUT2D eigenvalue weighted by Gasteiger charge is 2.41. The number of alkyl halides is 1. The molecule has 0 atom stereocenters. The van der Waals surface area contributed by atoms with Crippen molar-refractivity contribution >= 4 is 37.5 Å². The Morgan fingerprint density at radius 2 is 1.95 bits per heavy atom. The predicted molar refractivity (Wildman–Crippen MR) is 79.0 cm³/mol. The van der Waals surface area contributed by atoms with Crippen molar-refractivity contribution in [1.29, 1.82) is 0 Å². The molecule has 0 aromatic heterocycles. The molecule has 0 N–H and O–H groups in total. The van der Waals surface area contributed by atoms with Crippen molar-refractivity contribution in [2.45, 2.75) is 24.2 Å². The van der Waals surface area contributed by atoms with Gasteiger partial charge in [0, 0.05) is 24.0 Å². The van der Waals surface area contributed by atoms with Crippen LogP contribution in [0.1, 0.15) is 29.6 Å². The normalized spacial score (nSPS) is 16.0. The summed E-state index contributed by atoms with van der Waals surface area (Å²) in [5, 5.41) is 11.5. The number of hydrogen-bond donors (Lipinski definition) is 0. The van der Waals surface area contributed by atoms with E-state index in [1.165, 1.54) is 0 Å². The Bertz CT molecular complexity index is 689. The largest absolute Gasteiger partial charge is 0.270 e. The van der Waals surface area contributed by atoms with Gasteiger partial charge in [0.25, 0.3) is 21.6 Å². The van der Waals surface area contributed by atoms with Gasteiger partial charge < -0.3 is 0 Å². The molecule has 2 rings (SSSR count). The number of fused-ring (bicyclic) bond motifs is 1. The molecule has 0 unspecified atom stereocenters. The van der Waals surface area contributed by atoms with Crippen LogP contribution in [0.3, 0.4) is 0 Å². The monoisotopic (exact) mass is 376 g/mol. The summed E-state index contributed by atoms with van der Waals surface area (Å²) in [5.41, 5.74) is -0.414. The van der Waals surface area contributed by atoms with Gasteiger partial charge >= 0.3 is 0 Å². The van der Waals surface area contributed by atoms with Crippen molar-refractivity contribution in [3.8, 4) is 0 Å². The SMILES string of the molecule is O=C1c2cc([N+](=O)[O-])ccc2S(=O)(=O)N1CCCCCBr. The van der Waals surface area contributed by atoms with Gasteiger partial charge in [-0.2, -0.15) is 0 Å². The lowest BCUT2D eigenvalue weighted by Crippen LogP contribution is -2.31. The molecule has 1 aromatic carbocycles. The molecule has 114 valence electrons. The maximum Gasteiger partial charge on any atom is 0.270 e. The third-order valence-corrected chi connectivity index (χ3v) is 5.59. The molecule has 1 aliphatic heterocycles. The first kappa shape index (κ1) is 15.9. The summed E-state index contributed by atoms with van der Waals surface area (Å²) in [5.74, 6) is -0.687. The Kier molecular flexibility index (Phi) is 4.62. The van der Waals surface area contributed by atoms with Crippen LogP contribution in [0.5, 0.6) is 0 Å². The number of non-ortho nitro benzene ring substituents is 1. The van der Waals surface area contributed by atoms with Gasteiger partial charge in [0.1, 0.15) is 4.90 Å². The molecule has 0 aliphatic carbocycles. The number of carbonyl (C=O) groups excluding carboxylic acids is 1. The number of hydrogen-bond acceptors (Lipinski definition) is 5. The number of nitrogens with zero attached hydrogens (tertiary/aromatic N) is 2. The van der Waals surface area contributed by atoms with Crippen molar-refractivity contribution in [2.24, 2.45) is 0 Å². The minimum absolute atomic E-state index is 0.0939. The van der Waals surface area contributed by atoms with Gasteiger partial charge in [0.2, 0.25) is 0 Å². The maximum absolute atomic E-state index is 12.3. The molecular formula is C12H13BrN2O5S. The van der Waals surface area contributed by atoms with Gasteiger partial charge in [0.05, 0.1) is 10.5 Å². The molecule has 1 amide bonds. The zero-order valence-electron chi connectivity index (χ0n) is 11.0. The summed E-state index contributed by atoms with van der Waals surface area (Å²) in [6.45, 7) is 0.0939. The average molecular weight is 377 g/mol. The fourth-order valence-corrected chi connectivity index (χ4v) is 4.12. The van der Waals surface area contributed by atoms with Crippen LogP contribution in [0.2, 0.25) is 0 Å². The average Bonchev–Trinajstić information content (AvgIpc) is 2.63. The lowest BCUT2D eigenvalue weighted by atomic mass is 10.2. The Morgan fingerprint density at radius 1 is 1.24 bits per heavy atom. The number of unbranched alkanes of at least 4 members (excludes halogenated alkanes) is 2. The van der Waals surface area contributed by atoms with Crippen LogP contribution in [-0.4, -0.2) is 35.4 Å². The van der Waals surface area contributed by atoms with Crippen LogP contribution in [0, 0.1) is 10.1 Å². The van der Waals surface area contributed by atoms with E-state index in [1.807, 2.05) is 0 Å². The van der Waals surface area contributed by atoms with E-state index in [0.29, 0.717) is 6.42 Å².